The normalized spacial score (nSPS) is 14.7. The van der Waals surface area contributed by atoms with Gasteiger partial charge < -0.3 is 4.57 Å². The van der Waals surface area contributed by atoms with E-state index in [9.17, 15) is 0 Å². The summed E-state index contributed by atoms with van der Waals surface area (Å²) in [6.07, 6.45) is 16.0. The molecule has 0 atom stereocenters. The molecule has 2 aliphatic rings. The highest BCUT2D eigenvalue weighted by atomic mass is 32.1. The lowest BCUT2D eigenvalue weighted by atomic mass is 9.97. The SMILES string of the molecule is C1=CC(c2ccc3sc4ccc5c(c6cc(-c7ccccc7)ccc6n5-c5ccc6c(c5)CCC=C6)c4c3c2)=CCC1. The van der Waals surface area contributed by atoms with Gasteiger partial charge in [0.2, 0.25) is 0 Å². The van der Waals surface area contributed by atoms with Crippen LogP contribution in [-0.4, -0.2) is 4.57 Å². The van der Waals surface area contributed by atoms with Gasteiger partial charge >= 0.3 is 0 Å². The fourth-order valence-corrected chi connectivity index (χ4v) is 8.13. The Morgan fingerprint density at radius 3 is 2.31 bits per heavy atom. The predicted octanol–water partition coefficient (Wildman–Crippen LogP) is 11.5. The summed E-state index contributed by atoms with van der Waals surface area (Å²) in [5, 5.41) is 5.41. The molecule has 1 nitrogen and oxygen atoms in total. The topological polar surface area (TPSA) is 4.93 Å². The highest BCUT2D eigenvalue weighted by Gasteiger charge is 2.20. The molecule has 9 rings (SSSR count). The molecule has 0 spiro atoms. The van der Waals surface area contributed by atoms with Gasteiger partial charge in [-0.3, -0.25) is 0 Å². The maximum absolute atomic E-state index is 2.50. The van der Waals surface area contributed by atoms with Gasteiger partial charge in [-0.15, -0.1) is 11.3 Å². The van der Waals surface area contributed by atoms with Gasteiger partial charge in [0.1, 0.15) is 0 Å². The van der Waals surface area contributed by atoms with E-state index in [1.54, 1.807) is 0 Å². The number of hydrogen-bond acceptors (Lipinski definition) is 1. The lowest BCUT2D eigenvalue weighted by molar-refractivity contribution is 0.979. The van der Waals surface area contributed by atoms with Crippen molar-refractivity contribution in [3.8, 4) is 16.8 Å². The molecule has 0 saturated carbocycles. The van der Waals surface area contributed by atoms with Crippen LogP contribution >= 0.6 is 11.3 Å². The Hall–Kier alpha value is -4.66. The van der Waals surface area contributed by atoms with Crippen molar-refractivity contribution in [2.24, 2.45) is 0 Å². The second-order valence-corrected chi connectivity index (χ2v) is 12.6. The van der Waals surface area contributed by atoms with E-state index >= 15 is 0 Å². The molecule has 200 valence electrons. The molecule has 2 aliphatic carbocycles. The fourth-order valence-electron chi connectivity index (χ4n) is 7.03. The van der Waals surface area contributed by atoms with E-state index in [1.165, 1.54) is 81.1 Å². The molecule has 0 amide bonds. The zero-order valence-electron chi connectivity index (χ0n) is 23.3. The van der Waals surface area contributed by atoms with Gasteiger partial charge in [-0.1, -0.05) is 78.9 Å². The van der Waals surface area contributed by atoms with Crippen LogP contribution in [0.15, 0.2) is 121 Å². The first-order valence-corrected chi connectivity index (χ1v) is 15.8. The summed E-state index contributed by atoms with van der Waals surface area (Å²) in [4.78, 5) is 0. The second kappa shape index (κ2) is 9.44. The van der Waals surface area contributed by atoms with Crippen molar-refractivity contribution in [3.63, 3.8) is 0 Å². The van der Waals surface area contributed by atoms with Crippen LogP contribution < -0.4 is 0 Å². The molecular weight excluding hydrogens is 527 g/mol. The quantitative estimate of drug-likeness (QED) is 0.204. The van der Waals surface area contributed by atoms with E-state index in [4.69, 9.17) is 0 Å². The molecule has 42 heavy (non-hydrogen) atoms. The van der Waals surface area contributed by atoms with Gasteiger partial charge in [0.15, 0.2) is 0 Å². The summed E-state index contributed by atoms with van der Waals surface area (Å²) in [5.41, 5.74) is 11.7. The third-order valence-corrected chi connectivity index (χ3v) is 10.2. The smallest absolute Gasteiger partial charge is 0.0548 e. The predicted molar refractivity (Wildman–Crippen MR) is 183 cm³/mol. The van der Waals surface area contributed by atoms with Gasteiger partial charge in [0.05, 0.1) is 11.0 Å². The molecular formula is C40H29NS. The van der Waals surface area contributed by atoms with E-state index in [0.29, 0.717) is 0 Å². The summed E-state index contributed by atoms with van der Waals surface area (Å²) in [6.45, 7) is 0. The second-order valence-electron chi connectivity index (χ2n) is 11.5. The minimum Gasteiger partial charge on any atom is -0.309 e. The van der Waals surface area contributed by atoms with Gasteiger partial charge in [0, 0.05) is 36.6 Å². The Morgan fingerprint density at radius 2 is 1.40 bits per heavy atom. The molecule has 0 N–H and O–H groups in total. The number of rotatable bonds is 3. The number of nitrogens with zero attached hydrogens (tertiary/aromatic N) is 1. The molecule has 2 heteroatoms. The first-order valence-electron chi connectivity index (χ1n) is 15.0. The van der Waals surface area contributed by atoms with E-state index in [-0.39, 0.29) is 0 Å². The van der Waals surface area contributed by atoms with E-state index < -0.39 is 0 Å². The molecule has 0 bridgehead atoms. The van der Waals surface area contributed by atoms with Gasteiger partial charge in [-0.05, 0) is 108 Å². The maximum Gasteiger partial charge on any atom is 0.0548 e. The Morgan fingerprint density at radius 1 is 0.571 bits per heavy atom. The van der Waals surface area contributed by atoms with E-state index in [0.717, 1.165) is 25.7 Å². The first kappa shape index (κ1) is 24.0. The van der Waals surface area contributed by atoms with Crippen LogP contribution in [0.2, 0.25) is 0 Å². The van der Waals surface area contributed by atoms with Crippen molar-refractivity contribution >= 4 is 65.0 Å². The molecule has 0 aliphatic heterocycles. The van der Waals surface area contributed by atoms with Crippen molar-refractivity contribution < 1.29 is 0 Å². The summed E-state index contributed by atoms with van der Waals surface area (Å²) >= 11 is 1.91. The molecule has 0 unspecified atom stereocenters. The van der Waals surface area contributed by atoms with Gasteiger partial charge in [-0.25, -0.2) is 0 Å². The van der Waals surface area contributed by atoms with E-state index in [2.05, 4.69) is 132 Å². The van der Waals surface area contributed by atoms with Crippen molar-refractivity contribution in [1.82, 2.24) is 4.57 Å². The maximum atomic E-state index is 2.50. The van der Waals surface area contributed by atoms with Crippen LogP contribution in [0.5, 0.6) is 0 Å². The zero-order valence-corrected chi connectivity index (χ0v) is 24.1. The molecule has 0 radical (unpaired) electrons. The molecule has 2 heterocycles. The number of aromatic nitrogens is 1. The van der Waals surface area contributed by atoms with Gasteiger partial charge in [-0.2, -0.15) is 0 Å². The summed E-state index contributed by atoms with van der Waals surface area (Å²) in [5.74, 6) is 0. The summed E-state index contributed by atoms with van der Waals surface area (Å²) in [7, 11) is 0. The largest absolute Gasteiger partial charge is 0.309 e. The summed E-state index contributed by atoms with van der Waals surface area (Å²) < 4.78 is 5.20. The molecule has 0 fully saturated rings. The minimum atomic E-state index is 1.10. The lowest BCUT2D eigenvalue weighted by Crippen LogP contribution is -1.99. The molecule has 2 aromatic heterocycles. The van der Waals surface area contributed by atoms with Crippen LogP contribution in [0.4, 0.5) is 0 Å². The van der Waals surface area contributed by atoms with E-state index in [1.807, 2.05) is 11.3 Å². The molecule has 7 aromatic rings. The number of fused-ring (bicyclic) bond motifs is 8. The first-order chi connectivity index (χ1) is 20.8. The number of aryl methyl sites for hydroxylation is 1. The zero-order chi connectivity index (χ0) is 27.6. The lowest BCUT2D eigenvalue weighted by Gasteiger charge is -2.14. The average molecular weight is 556 g/mol. The van der Waals surface area contributed by atoms with Crippen molar-refractivity contribution in [2.45, 2.75) is 25.7 Å². The Labute approximate surface area is 249 Å². The average Bonchev–Trinajstić information content (AvgIpc) is 3.60. The molecule has 5 aromatic carbocycles. The highest BCUT2D eigenvalue weighted by Crippen LogP contribution is 2.45. The fraction of sp³-hybridized carbons (Fsp3) is 0.100. The third-order valence-electron chi connectivity index (χ3n) is 9.06. The van der Waals surface area contributed by atoms with Crippen molar-refractivity contribution in [3.05, 3.63) is 138 Å². The van der Waals surface area contributed by atoms with Crippen LogP contribution in [0.3, 0.4) is 0 Å². The minimum absolute atomic E-state index is 1.10. The standard InChI is InChI=1S/C40H29NS/c1-3-9-26(10-4-1)30-16-19-35-33(24-30)39-36(41(35)32-18-15-28-13-7-8-14-29(28)23-32)20-22-38-40(39)34-25-31(17-21-37(34)42-38)27-11-5-2-6-12-27/h1,3-5,7,9-13,15-25H,2,6,8,14H2. The summed E-state index contributed by atoms with van der Waals surface area (Å²) in [6, 6.07) is 36.6. The number of benzene rings is 5. The number of thiophene rings is 1. The third kappa shape index (κ3) is 3.69. The van der Waals surface area contributed by atoms with Gasteiger partial charge in [0.25, 0.3) is 0 Å². The van der Waals surface area contributed by atoms with Crippen LogP contribution in [0.25, 0.3) is 70.4 Å². The Bertz CT molecular complexity index is 2290. The highest BCUT2D eigenvalue weighted by molar-refractivity contribution is 7.26. The monoisotopic (exact) mass is 555 g/mol. The molecule has 0 saturated heterocycles. The Kier molecular flexibility index (Phi) is 5.39. The van der Waals surface area contributed by atoms with Crippen LogP contribution in [0, 0.1) is 0 Å². The Balaban J connectivity index is 1.39. The number of hydrogen-bond donors (Lipinski definition) is 0. The number of allylic oxidation sites excluding steroid dienone is 5. The van der Waals surface area contributed by atoms with Crippen molar-refractivity contribution in [1.29, 1.82) is 0 Å². The van der Waals surface area contributed by atoms with Crippen LogP contribution in [0.1, 0.15) is 36.0 Å². The van der Waals surface area contributed by atoms with Crippen molar-refractivity contribution in [2.75, 3.05) is 0 Å². The van der Waals surface area contributed by atoms with Crippen LogP contribution in [-0.2, 0) is 6.42 Å².